The van der Waals surface area contributed by atoms with E-state index in [4.69, 9.17) is 4.74 Å². The molecule has 1 atom stereocenters. The molecule has 0 amide bonds. The Bertz CT molecular complexity index is 1640. The maximum atomic E-state index is 12.1. The van der Waals surface area contributed by atoms with Crippen LogP contribution >= 0.6 is 0 Å². The Labute approximate surface area is 267 Å². The zero-order valence-electron chi connectivity index (χ0n) is 26.7. The molecule has 1 saturated carbocycles. The minimum atomic E-state index is -0.866. The van der Waals surface area contributed by atoms with Crippen LogP contribution in [0.4, 0.5) is 5.69 Å². The van der Waals surface area contributed by atoms with E-state index in [0.29, 0.717) is 18.1 Å². The highest BCUT2D eigenvalue weighted by atomic mass is 16.5. The monoisotopic (exact) mass is 605 g/mol. The van der Waals surface area contributed by atoms with Gasteiger partial charge < -0.3 is 24.2 Å². The number of hydrogen-bond acceptors (Lipinski definition) is 4. The summed E-state index contributed by atoms with van der Waals surface area (Å²) in [6.45, 7) is 8.98. The number of likely N-dealkylation sites (tertiary alicyclic amines) is 1. The SMILES string of the molecule is CCC1CCCN(CCN2CCn3c(c(C4CCCCC4)c4ccc(C(=O)O)cc43)-c3ccc(OCc4ccccc4)cc32)C1. The lowest BCUT2D eigenvalue weighted by atomic mass is 9.81. The number of anilines is 1. The van der Waals surface area contributed by atoms with Gasteiger partial charge in [0.05, 0.1) is 11.3 Å². The van der Waals surface area contributed by atoms with Gasteiger partial charge in [-0.25, -0.2) is 4.79 Å². The first-order valence-electron chi connectivity index (χ1n) is 17.3. The molecule has 6 heteroatoms. The standard InChI is InChI=1S/C39H47N3O3/c1-2-28-12-9-19-40(26-28)20-21-41-22-23-42-36-24-31(39(43)44)15-17-33(36)37(30-13-7-4-8-14-30)38(42)34-18-16-32(25-35(34)41)45-27-29-10-5-3-6-11-29/h3,5-6,10-11,15-18,24-25,28,30H,2,4,7-9,12-14,19-23,26-27H2,1H3,(H,43,44). The molecule has 45 heavy (non-hydrogen) atoms. The van der Waals surface area contributed by atoms with Crippen molar-refractivity contribution in [2.24, 2.45) is 5.92 Å². The average Bonchev–Trinajstić information content (AvgIpc) is 3.32. The summed E-state index contributed by atoms with van der Waals surface area (Å²) in [5.74, 6) is 1.32. The molecule has 1 aliphatic carbocycles. The number of nitrogens with zero attached hydrogens (tertiary/aromatic N) is 3. The van der Waals surface area contributed by atoms with E-state index in [1.807, 2.05) is 12.1 Å². The topological polar surface area (TPSA) is 57.9 Å². The zero-order valence-corrected chi connectivity index (χ0v) is 26.7. The second kappa shape index (κ2) is 13.3. The number of carboxylic acids is 1. The predicted octanol–water partition coefficient (Wildman–Crippen LogP) is 8.58. The molecule has 2 fully saturated rings. The number of benzene rings is 3. The highest BCUT2D eigenvalue weighted by Crippen LogP contribution is 2.48. The first kappa shape index (κ1) is 29.9. The van der Waals surface area contributed by atoms with Crippen LogP contribution in [0.2, 0.25) is 0 Å². The Balaban J connectivity index is 1.31. The third kappa shape index (κ3) is 6.22. The van der Waals surface area contributed by atoms with E-state index >= 15 is 0 Å². The van der Waals surface area contributed by atoms with E-state index in [1.165, 1.54) is 92.4 Å². The van der Waals surface area contributed by atoms with Crippen LogP contribution in [0.15, 0.2) is 66.7 Å². The molecule has 1 N–H and O–H groups in total. The Morgan fingerprint density at radius 1 is 0.889 bits per heavy atom. The molecular weight excluding hydrogens is 558 g/mol. The molecule has 0 radical (unpaired) electrons. The summed E-state index contributed by atoms with van der Waals surface area (Å²) in [6, 6.07) is 22.8. The molecule has 3 heterocycles. The molecule has 1 aromatic heterocycles. The summed E-state index contributed by atoms with van der Waals surface area (Å²) in [5.41, 5.74) is 7.78. The molecule has 4 aromatic rings. The van der Waals surface area contributed by atoms with Crippen molar-refractivity contribution in [3.63, 3.8) is 0 Å². The van der Waals surface area contributed by atoms with Crippen LogP contribution in [0, 0.1) is 5.92 Å². The molecular formula is C39H47N3O3. The van der Waals surface area contributed by atoms with Crippen LogP contribution in [0.25, 0.3) is 22.2 Å². The fourth-order valence-electron chi connectivity index (χ4n) is 8.16. The van der Waals surface area contributed by atoms with E-state index in [9.17, 15) is 9.90 Å². The number of aromatic carboxylic acids is 1. The smallest absolute Gasteiger partial charge is 0.335 e. The van der Waals surface area contributed by atoms with Gasteiger partial charge in [-0.2, -0.15) is 0 Å². The highest BCUT2D eigenvalue weighted by molar-refractivity contribution is 5.99. The molecule has 236 valence electrons. The van der Waals surface area contributed by atoms with Gasteiger partial charge in [-0.1, -0.05) is 69.0 Å². The second-order valence-corrected chi connectivity index (χ2v) is 13.4. The summed E-state index contributed by atoms with van der Waals surface area (Å²) < 4.78 is 8.84. The van der Waals surface area contributed by atoms with Gasteiger partial charge in [0.15, 0.2) is 0 Å². The van der Waals surface area contributed by atoms with Crippen molar-refractivity contribution < 1.29 is 14.6 Å². The number of piperidine rings is 1. The fourth-order valence-corrected chi connectivity index (χ4v) is 8.16. The van der Waals surface area contributed by atoms with Gasteiger partial charge in [0, 0.05) is 60.9 Å². The van der Waals surface area contributed by atoms with Crippen molar-refractivity contribution in [2.75, 3.05) is 37.6 Å². The van der Waals surface area contributed by atoms with Crippen molar-refractivity contribution in [2.45, 2.75) is 77.4 Å². The predicted molar refractivity (Wildman–Crippen MR) is 183 cm³/mol. The van der Waals surface area contributed by atoms with Gasteiger partial charge in [-0.15, -0.1) is 0 Å². The van der Waals surface area contributed by atoms with Crippen LogP contribution in [0.3, 0.4) is 0 Å². The third-order valence-electron chi connectivity index (χ3n) is 10.6. The summed E-state index contributed by atoms with van der Waals surface area (Å²) in [4.78, 5) is 17.3. The quantitative estimate of drug-likeness (QED) is 0.207. The summed E-state index contributed by atoms with van der Waals surface area (Å²) in [7, 11) is 0. The number of aromatic nitrogens is 1. The van der Waals surface area contributed by atoms with Gasteiger partial charge in [-0.05, 0) is 79.5 Å². The number of carbonyl (C=O) groups is 1. The van der Waals surface area contributed by atoms with Crippen molar-refractivity contribution in [1.82, 2.24) is 9.47 Å². The Kier molecular flexibility index (Phi) is 8.84. The van der Waals surface area contributed by atoms with Crippen molar-refractivity contribution in [1.29, 1.82) is 0 Å². The summed E-state index contributed by atoms with van der Waals surface area (Å²) in [5, 5.41) is 11.1. The lowest BCUT2D eigenvalue weighted by Crippen LogP contribution is -2.41. The lowest BCUT2D eigenvalue weighted by molar-refractivity contribution is 0.0697. The largest absolute Gasteiger partial charge is 0.489 e. The van der Waals surface area contributed by atoms with Crippen LogP contribution in [0.5, 0.6) is 5.75 Å². The van der Waals surface area contributed by atoms with Crippen molar-refractivity contribution in [3.8, 4) is 17.0 Å². The molecule has 3 aliphatic rings. The Hall–Kier alpha value is -3.77. The number of ether oxygens (including phenoxy) is 1. The Morgan fingerprint density at radius 3 is 2.53 bits per heavy atom. The minimum absolute atomic E-state index is 0.361. The zero-order chi connectivity index (χ0) is 30.8. The highest BCUT2D eigenvalue weighted by Gasteiger charge is 2.31. The van der Waals surface area contributed by atoms with Crippen LogP contribution < -0.4 is 9.64 Å². The molecule has 7 rings (SSSR count). The van der Waals surface area contributed by atoms with Crippen molar-refractivity contribution in [3.05, 3.63) is 83.4 Å². The van der Waals surface area contributed by atoms with Crippen LogP contribution in [-0.2, 0) is 13.2 Å². The van der Waals surface area contributed by atoms with E-state index in [2.05, 4.69) is 69.8 Å². The van der Waals surface area contributed by atoms with E-state index in [1.54, 1.807) is 6.07 Å². The lowest BCUT2D eigenvalue weighted by Gasteiger charge is -2.34. The second-order valence-electron chi connectivity index (χ2n) is 13.4. The molecule has 6 nitrogen and oxygen atoms in total. The van der Waals surface area contributed by atoms with E-state index < -0.39 is 5.97 Å². The van der Waals surface area contributed by atoms with Gasteiger partial charge in [0.1, 0.15) is 12.4 Å². The molecule has 0 bridgehead atoms. The maximum Gasteiger partial charge on any atom is 0.335 e. The van der Waals surface area contributed by atoms with Crippen LogP contribution in [0.1, 0.15) is 85.7 Å². The average molecular weight is 606 g/mol. The van der Waals surface area contributed by atoms with E-state index in [-0.39, 0.29) is 0 Å². The number of hydrogen-bond donors (Lipinski definition) is 1. The van der Waals surface area contributed by atoms with Gasteiger partial charge in [0.2, 0.25) is 0 Å². The first-order chi connectivity index (χ1) is 22.1. The van der Waals surface area contributed by atoms with Crippen molar-refractivity contribution >= 4 is 22.6 Å². The van der Waals surface area contributed by atoms with Gasteiger partial charge in [0.25, 0.3) is 0 Å². The summed E-state index contributed by atoms with van der Waals surface area (Å²) >= 11 is 0. The fraction of sp³-hybridized carbons (Fsp3) is 0.462. The van der Waals surface area contributed by atoms with Crippen LogP contribution in [-0.4, -0.2) is 53.3 Å². The van der Waals surface area contributed by atoms with Gasteiger partial charge >= 0.3 is 5.97 Å². The third-order valence-corrected chi connectivity index (χ3v) is 10.6. The normalized spacial score (nSPS) is 19.2. The molecule has 0 spiro atoms. The minimum Gasteiger partial charge on any atom is -0.489 e. The number of fused-ring (bicyclic) bond motifs is 5. The van der Waals surface area contributed by atoms with Gasteiger partial charge in [-0.3, -0.25) is 0 Å². The molecule has 1 saturated heterocycles. The summed E-state index contributed by atoms with van der Waals surface area (Å²) in [6.07, 6.45) is 10.1. The number of carboxylic acid groups (broad SMARTS) is 1. The molecule has 2 aliphatic heterocycles. The Morgan fingerprint density at radius 2 is 1.73 bits per heavy atom. The molecule has 3 aromatic carbocycles. The number of rotatable bonds is 9. The van der Waals surface area contributed by atoms with E-state index in [0.717, 1.165) is 48.9 Å². The first-order valence-corrected chi connectivity index (χ1v) is 17.3. The molecule has 1 unspecified atom stereocenters. The maximum absolute atomic E-state index is 12.1.